The van der Waals surface area contributed by atoms with Crippen molar-refractivity contribution in [3.8, 4) is 0 Å². The van der Waals surface area contributed by atoms with Crippen LogP contribution in [0, 0.1) is 12.8 Å². The molecule has 0 saturated carbocycles. The van der Waals surface area contributed by atoms with Crippen molar-refractivity contribution < 1.29 is 14.0 Å². The van der Waals surface area contributed by atoms with Gasteiger partial charge in [-0.25, -0.2) is 4.98 Å². The molecular weight excluding hydrogens is 402 g/mol. The van der Waals surface area contributed by atoms with E-state index in [-0.39, 0.29) is 35.6 Å². The van der Waals surface area contributed by atoms with Crippen molar-refractivity contribution in [2.24, 2.45) is 5.92 Å². The van der Waals surface area contributed by atoms with Gasteiger partial charge in [0.25, 0.3) is 5.91 Å². The molecule has 26 heavy (non-hydrogen) atoms. The zero-order valence-electron chi connectivity index (χ0n) is 15.0. The van der Waals surface area contributed by atoms with E-state index in [1.807, 2.05) is 20.8 Å². The van der Waals surface area contributed by atoms with Crippen LogP contribution in [-0.2, 0) is 4.79 Å². The van der Waals surface area contributed by atoms with Crippen LogP contribution in [0.4, 0.5) is 0 Å². The number of nitrogens with one attached hydrogen (secondary N) is 2. The smallest absolute Gasteiger partial charge is 0.290 e. The minimum Gasteiger partial charge on any atom is -0.444 e. The number of carbonyl (C=O) groups excluding carboxylic acids is 2. The molecule has 0 aliphatic carbocycles. The Bertz CT molecular complexity index is 800. The zero-order valence-corrected chi connectivity index (χ0v) is 16.5. The molecule has 1 aliphatic rings. The number of hydrogen-bond donors (Lipinski definition) is 2. The summed E-state index contributed by atoms with van der Waals surface area (Å²) in [7, 11) is 0. The summed E-state index contributed by atoms with van der Waals surface area (Å²) in [6.07, 6.45) is 1.02. The van der Waals surface area contributed by atoms with E-state index in [2.05, 4.69) is 36.4 Å². The van der Waals surface area contributed by atoms with Gasteiger partial charge >= 0.3 is 0 Å². The first-order valence-electron chi connectivity index (χ1n) is 8.58. The van der Waals surface area contributed by atoms with Crippen molar-refractivity contribution in [1.29, 1.82) is 0 Å². The molecule has 9 heteroatoms. The standard InChI is InChI=1S/C17H22BrN5O3/c1-9(2)6-15(24)20-11-7-12(16-19-10(3)21-22-16)23(8-11)17(25)13-4-5-14(18)26-13/h4-5,9,11-12H,6-8H2,1-3H3,(H,20,24)(H,19,21,22)/t11-,12-/m0/s1. The Balaban J connectivity index is 1.79. The van der Waals surface area contributed by atoms with E-state index in [1.165, 1.54) is 0 Å². The van der Waals surface area contributed by atoms with Crippen LogP contribution in [0.2, 0.25) is 0 Å². The molecule has 2 amide bonds. The van der Waals surface area contributed by atoms with Crippen molar-refractivity contribution >= 4 is 27.7 Å². The lowest BCUT2D eigenvalue weighted by Gasteiger charge is -2.21. The minimum atomic E-state index is -0.319. The van der Waals surface area contributed by atoms with Gasteiger partial charge in [-0.2, -0.15) is 5.10 Å². The molecule has 8 nitrogen and oxygen atoms in total. The Morgan fingerprint density at radius 3 is 2.81 bits per heavy atom. The number of aromatic nitrogens is 3. The number of carbonyl (C=O) groups is 2. The molecule has 0 aromatic carbocycles. The zero-order chi connectivity index (χ0) is 18.8. The Labute approximate surface area is 159 Å². The maximum Gasteiger partial charge on any atom is 0.290 e. The van der Waals surface area contributed by atoms with E-state index in [0.717, 1.165) is 0 Å². The van der Waals surface area contributed by atoms with Crippen LogP contribution in [0.15, 0.2) is 21.2 Å². The highest BCUT2D eigenvalue weighted by Crippen LogP contribution is 2.32. The molecule has 1 fully saturated rings. The summed E-state index contributed by atoms with van der Waals surface area (Å²) >= 11 is 3.22. The average molecular weight is 424 g/mol. The topological polar surface area (TPSA) is 104 Å². The monoisotopic (exact) mass is 423 g/mol. The Morgan fingerprint density at radius 2 is 2.23 bits per heavy atom. The number of halogens is 1. The highest BCUT2D eigenvalue weighted by atomic mass is 79.9. The van der Waals surface area contributed by atoms with Gasteiger partial charge in [-0.15, -0.1) is 0 Å². The number of amides is 2. The second-order valence-corrected chi connectivity index (χ2v) is 7.74. The van der Waals surface area contributed by atoms with E-state index in [1.54, 1.807) is 17.0 Å². The van der Waals surface area contributed by atoms with Crippen molar-refractivity contribution in [3.05, 3.63) is 34.2 Å². The molecular formula is C17H22BrN5O3. The summed E-state index contributed by atoms with van der Waals surface area (Å²) < 4.78 is 5.90. The number of rotatable bonds is 5. The highest BCUT2D eigenvalue weighted by molar-refractivity contribution is 9.10. The third-order valence-corrected chi connectivity index (χ3v) is 4.64. The summed E-state index contributed by atoms with van der Waals surface area (Å²) in [4.78, 5) is 31.1. The van der Waals surface area contributed by atoms with E-state index < -0.39 is 0 Å². The fraction of sp³-hybridized carbons (Fsp3) is 0.529. The summed E-state index contributed by atoms with van der Waals surface area (Å²) in [6.45, 7) is 6.19. The van der Waals surface area contributed by atoms with E-state index in [0.29, 0.717) is 35.7 Å². The first-order chi connectivity index (χ1) is 12.3. The maximum atomic E-state index is 12.9. The second-order valence-electron chi connectivity index (χ2n) is 6.95. The van der Waals surface area contributed by atoms with Crippen molar-refractivity contribution in [2.45, 2.75) is 45.7 Å². The predicted octanol–water partition coefficient (Wildman–Crippen LogP) is 2.59. The third kappa shape index (κ3) is 4.14. The number of H-pyrrole nitrogens is 1. The van der Waals surface area contributed by atoms with Gasteiger partial charge in [0.1, 0.15) is 5.82 Å². The Morgan fingerprint density at radius 1 is 1.46 bits per heavy atom. The molecule has 2 aromatic heterocycles. The molecule has 0 bridgehead atoms. The van der Waals surface area contributed by atoms with Crippen LogP contribution in [0.1, 0.15) is 54.9 Å². The number of nitrogens with zero attached hydrogens (tertiary/aromatic N) is 3. The summed E-state index contributed by atoms with van der Waals surface area (Å²) in [6, 6.07) is 2.84. The van der Waals surface area contributed by atoms with Gasteiger partial charge in [0.2, 0.25) is 5.91 Å². The van der Waals surface area contributed by atoms with Gasteiger partial charge in [-0.1, -0.05) is 13.8 Å². The van der Waals surface area contributed by atoms with Crippen LogP contribution >= 0.6 is 15.9 Å². The van der Waals surface area contributed by atoms with Gasteiger partial charge < -0.3 is 14.6 Å². The molecule has 3 heterocycles. The lowest BCUT2D eigenvalue weighted by Crippen LogP contribution is -2.39. The van der Waals surface area contributed by atoms with Crippen LogP contribution < -0.4 is 5.32 Å². The summed E-state index contributed by atoms with van der Waals surface area (Å²) in [5.41, 5.74) is 0. The SMILES string of the molecule is Cc1nc([C@@H]2C[C@H](NC(=O)CC(C)C)CN2C(=O)c2ccc(Br)o2)n[nH]1. The van der Waals surface area contributed by atoms with E-state index in [4.69, 9.17) is 4.42 Å². The first kappa shape index (κ1) is 18.6. The van der Waals surface area contributed by atoms with Crippen LogP contribution in [-0.4, -0.2) is 44.5 Å². The van der Waals surface area contributed by atoms with Crippen molar-refractivity contribution in [3.63, 3.8) is 0 Å². The van der Waals surface area contributed by atoms with Gasteiger partial charge in [0.15, 0.2) is 16.3 Å². The number of hydrogen-bond acceptors (Lipinski definition) is 5. The number of likely N-dealkylation sites (tertiary alicyclic amines) is 1. The van der Waals surface area contributed by atoms with E-state index in [9.17, 15) is 9.59 Å². The number of furan rings is 1. The maximum absolute atomic E-state index is 12.9. The largest absolute Gasteiger partial charge is 0.444 e. The second kappa shape index (κ2) is 7.61. The first-order valence-corrected chi connectivity index (χ1v) is 9.37. The lowest BCUT2D eigenvalue weighted by atomic mass is 10.1. The molecule has 1 saturated heterocycles. The quantitative estimate of drug-likeness (QED) is 0.768. The van der Waals surface area contributed by atoms with Crippen LogP contribution in [0.5, 0.6) is 0 Å². The predicted molar refractivity (Wildman–Crippen MR) is 97.3 cm³/mol. The van der Waals surface area contributed by atoms with Crippen LogP contribution in [0.25, 0.3) is 0 Å². The average Bonchev–Trinajstić information content (AvgIpc) is 3.25. The molecule has 2 N–H and O–H groups in total. The van der Waals surface area contributed by atoms with Gasteiger partial charge in [0.05, 0.1) is 6.04 Å². The van der Waals surface area contributed by atoms with Gasteiger partial charge in [-0.05, 0) is 47.3 Å². The Kier molecular flexibility index (Phi) is 5.45. The van der Waals surface area contributed by atoms with Crippen molar-refractivity contribution in [2.75, 3.05) is 6.54 Å². The van der Waals surface area contributed by atoms with Gasteiger partial charge in [0, 0.05) is 19.0 Å². The summed E-state index contributed by atoms with van der Waals surface area (Å²) in [5, 5.41) is 10.0. The van der Waals surface area contributed by atoms with Crippen molar-refractivity contribution in [1.82, 2.24) is 25.4 Å². The fourth-order valence-electron chi connectivity index (χ4n) is 3.15. The van der Waals surface area contributed by atoms with Gasteiger partial charge in [-0.3, -0.25) is 14.7 Å². The molecule has 2 atom stereocenters. The lowest BCUT2D eigenvalue weighted by molar-refractivity contribution is -0.122. The normalized spacial score (nSPS) is 20.0. The summed E-state index contributed by atoms with van der Waals surface area (Å²) in [5.74, 6) is 1.49. The Hall–Kier alpha value is -2.16. The molecule has 0 radical (unpaired) electrons. The van der Waals surface area contributed by atoms with Crippen LogP contribution in [0.3, 0.4) is 0 Å². The molecule has 140 valence electrons. The molecule has 0 spiro atoms. The van der Waals surface area contributed by atoms with E-state index >= 15 is 0 Å². The molecule has 1 aliphatic heterocycles. The minimum absolute atomic E-state index is 0.00930. The molecule has 3 rings (SSSR count). The molecule has 0 unspecified atom stereocenters. The third-order valence-electron chi connectivity index (χ3n) is 4.22. The molecule has 2 aromatic rings. The number of aryl methyl sites for hydroxylation is 1. The fourth-order valence-corrected chi connectivity index (χ4v) is 3.45. The highest BCUT2D eigenvalue weighted by Gasteiger charge is 2.40. The number of aromatic amines is 1.